The van der Waals surface area contributed by atoms with Crippen molar-refractivity contribution in [3.63, 3.8) is 0 Å². The third kappa shape index (κ3) is 5.19. The summed E-state index contributed by atoms with van der Waals surface area (Å²) >= 11 is 1.55. The number of thiophene rings is 1. The van der Waals surface area contributed by atoms with E-state index in [2.05, 4.69) is 24.3 Å². The number of amides is 2. The first-order valence-electron chi connectivity index (χ1n) is 11.6. The van der Waals surface area contributed by atoms with Crippen LogP contribution < -0.4 is 0 Å². The van der Waals surface area contributed by atoms with Crippen molar-refractivity contribution in [3.05, 3.63) is 93.2 Å². The van der Waals surface area contributed by atoms with E-state index in [1.165, 1.54) is 5.56 Å². The summed E-state index contributed by atoms with van der Waals surface area (Å²) in [5, 5.41) is 3.87. The second-order valence-electron chi connectivity index (χ2n) is 9.06. The lowest BCUT2D eigenvalue weighted by atomic mass is 9.84. The van der Waals surface area contributed by atoms with Gasteiger partial charge < -0.3 is 9.80 Å². The second kappa shape index (κ2) is 10.3. The van der Waals surface area contributed by atoms with E-state index in [1.54, 1.807) is 11.3 Å². The van der Waals surface area contributed by atoms with Crippen LogP contribution in [0.1, 0.15) is 50.2 Å². The van der Waals surface area contributed by atoms with Crippen LogP contribution in [0.2, 0.25) is 0 Å². The topological polar surface area (TPSA) is 40.6 Å². The zero-order valence-corrected chi connectivity index (χ0v) is 20.5. The van der Waals surface area contributed by atoms with E-state index in [1.807, 2.05) is 71.8 Å². The molecule has 1 saturated heterocycles. The molecule has 0 unspecified atom stereocenters. The molecule has 1 atom stereocenters. The smallest absolute Gasteiger partial charge is 0.254 e. The molecule has 1 aliphatic heterocycles. The Morgan fingerprint density at radius 2 is 1.76 bits per heavy atom. The number of rotatable bonds is 6. The molecule has 1 aliphatic rings. The Labute approximate surface area is 200 Å². The van der Waals surface area contributed by atoms with Crippen LogP contribution in [0.25, 0.3) is 0 Å². The average molecular weight is 461 g/mol. The van der Waals surface area contributed by atoms with E-state index in [4.69, 9.17) is 0 Å². The zero-order valence-electron chi connectivity index (χ0n) is 19.7. The molecule has 0 spiro atoms. The molecule has 5 heteroatoms. The Morgan fingerprint density at radius 3 is 2.42 bits per heavy atom. The molecule has 3 aromatic rings. The van der Waals surface area contributed by atoms with Gasteiger partial charge in [0, 0.05) is 37.1 Å². The van der Waals surface area contributed by atoms with Crippen molar-refractivity contribution in [3.8, 4) is 0 Å². The van der Waals surface area contributed by atoms with Gasteiger partial charge in [0.1, 0.15) is 0 Å². The quantitative estimate of drug-likeness (QED) is 0.480. The van der Waals surface area contributed by atoms with Crippen molar-refractivity contribution in [2.75, 3.05) is 20.1 Å². The number of likely N-dealkylation sites (N-methyl/N-ethyl adjacent to an activating group) is 1. The fraction of sp³-hybridized carbons (Fsp3) is 0.357. The van der Waals surface area contributed by atoms with Crippen LogP contribution in [0.4, 0.5) is 0 Å². The minimum atomic E-state index is 0.0751. The minimum Gasteiger partial charge on any atom is -0.339 e. The van der Waals surface area contributed by atoms with E-state index >= 15 is 0 Å². The molecule has 0 bridgehead atoms. The van der Waals surface area contributed by atoms with Crippen molar-refractivity contribution in [2.24, 2.45) is 5.92 Å². The lowest BCUT2D eigenvalue weighted by Crippen LogP contribution is -2.48. The van der Waals surface area contributed by atoms with E-state index in [9.17, 15) is 9.59 Å². The van der Waals surface area contributed by atoms with Crippen LogP contribution in [0.3, 0.4) is 0 Å². The molecule has 0 saturated carbocycles. The molecule has 0 N–H and O–H groups in total. The zero-order chi connectivity index (χ0) is 23.4. The van der Waals surface area contributed by atoms with Crippen molar-refractivity contribution in [1.82, 2.24) is 9.80 Å². The molecule has 0 radical (unpaired) electrons. The number of hydrogen-bond donors (Lipinski definition) is 0. The molecular formula is C28H32N2O2S. The monoisotopic (exact) mass is 460 g/mol. The maximum absolute atomic E-state index is 13.2. The van der Waals surface area contributed by atoms with Crippen LogP contribution in [-0.4, -0.2) is 47.8 Å². The molecule has 0 aliphatic carbocycles. The van der Waals surface area contributed by atoms with Gasteiger partial charge >= 0.3 is 0 Å². The summed E-state index contributed by atoms with van der Waals surface area (Å²) in [5.74, 6) is 0.545. The van der Waals surface area contributed by atoms with Crippen molar-refractivity contribution >= 4 is 23.2 Å². The molecule has 2 amide bonds. The summed E-state index contributed by atoms with van der Waals surface area (Å²) < 4.78 is 0. The minimum absolute atomic E-state index is 0.0751. The Morgan fingerprint density at radius 1 is 1.03 bits per heavy atom. The standard InChI is InChI=1S/C28H32N2O2S/c1-20-8-7-11-25(21(20)2)28(32)30-15-12-23(13-16-30)26(18-22-9-5-4-6-10-22)29(3)27(31)24-14-17-33-19-24/h4-11,14,17,19,23,26H,12-13,15-16,18H2,1-3H3/t26-/m1/s1. The van der Waals surface area contributed by atoms with Gasteiger partial charge in [0.05, 0.1) is 5.56 Å². The number of hydrogen-bond acceptors (Lipinski definition) is 3. The molecular weight excluding hydrogens is 428 g/mol. The van der Waals surface area contributed by atoms with Crippen LogP contribution >= 0.6 is 11.3 Å². The van der Waals surface area contributed by atoms with Crippen LogP contribution in [0, 0.1) is 19.8 Å². The SMILES string of the molecule is Cc1cccc(C(=O)N2CCC([C@@H](Cc3ccccc3)N(C)C(=O)c3ccsc3)CC2)c1C. The number of carbonyl (C=O) groups excluding carboxylic acids is 2. The van der Waals surface area contributed by atoms with E-state index in [0.29, 0.717) is 5.92 Å². The van der Waals surface area contributed by atoms with Crippen LogP contribution in [0.5, 0.6) is 0 Å². The van der Waals surface area contributed by atoms with Gasteiger partial charge in [-0.2, -0.15) is 11.3 Å². The highest BCUT2D eigenvalue weighted by molar-refractivity contribution is 7.08. The number of nitrogens with zero attached hydrogens (tertiary/aromatic N) is 2. The number of piperidine rings is 1. The highest BCUT2D eigenvalue weighted by Gasteiger charge is 2.33. The van der Waals surface area contributed by atoms with Gasteiger partial charge in [-0.1, -0.05) is 42.5 Å². The van der Waals surface area contributed by atoms with Crippen molar-refractivity contribution < 1.29 is 9.59 Å². The van der Waals surface area contributed by atoms with Gasteiger partial charge in [0.15, 0.2) is 0 Å². The summed E-state index contributed by atoms with van der Waals surface area (Å²) in [6.07, 6.45) is 2.62. The molecule has 4 rings (SSSR count). The summed E-state index contributed by atoms with van der Waals surface area (Å²) in [6, 6.07) is 18.3. The normalized spacial score (nSPS) is 15.3. The van der Waals surface area contributed by atoms with Crippen molar-refractivity contribution in [2.45, 2.75) is 39.2 Å². The van der Waals surface area contributed by atoms with E-state index in [0.717, 1.165) is 54.6 Å². The summed E-state index contributed by atoms with van der Waals surface area (Å²) in [5.41, 5.74) is 5.00. The van der Waals surface area contributed by atoms with Gasteiger partial charge in [-0.3, -0.25) is 9.59 Å². The number of benzene rings is 2. The predicted octanol–water partition coefficient (Wildman–Crippen LogP) is 5.60. The molecule has 1 fully saturated rings. The lowest BCUT2D eigenvalue weighted by Gasteiger charge is -2.40. The Kier molecular flexibility index (Phi) is 7.29. The predicted molar refractivity (Wildman–Crippen MR) is 135 cm³/mol. The van der Waals surface area contributed by atoms with Crippen LogP contribution in [-0.2, 0) is 6.42 Å². The van der Waals surface area contributed by atoms with Gasteiger partial charge in [0.2, 0.25) is 0 Å². The van der Waals surface area contributed by atoms with Gasteiger partial charge in [-0.05, 0) is 73.2 Å². The van der Waals surface area contributed by atoms with Gasteiger partial charge in [-0.15, -0.1) is 0 Å². The number of likely N-dealkylation sites (tertiary alicyclic amines) is 1. The van der Waals surface area contributed by atoms with E-state index in [-0.39, 0.29) is 17.9 Å². The second-order valence-corrected chi connectivity index (χ2v) is 9.84. The summed E-state index contributed by atoms with van der Waals surface area (Å²) in [6.45, 7) is 5.52. The summed E-state index contributed by atoms with van der Waals surface area (Å²) in [4.78, 5) is 30.3. The maximum Gasteiger partial charge on any atom is 0.254 e. The van der Waals surface area contributed by atoms with Crippen molar-refractivity contribution in [1.29, 1.82) is 0 Å². The highest BCUT2D eigenvalue weighted by Crippen LogP contribution is 2.29. The average Bonchev–Trinajstić information content (AvgIpc) is 3.39. The fourth-order valence-corrected chi connectivity index (χ4v) is 5.49. The molecule has 172 valence electrons. The first-order valence-corrected chi connectivity index (χ1v) is 12.6. The Hall–Kier alpha value is -2.92. The third-order valence-electron chi connectivity index (χ3n) is 7.08. The molecule has 1 aromatic heterocycles. The summed E-state index contributed by atoms with van der Waals surface area (Å²) in [7, 11) is 1.93. The Bertz CT molecular complexity index is 1090. The fourth-order valence-electron chi connectivity index (χ4n) is 4.86. The Balaban J connectivity index is 1.49. The highest BCUT2D eigenvalue weighted by atomic mass is 32.1. The molecule has 2 aromatic carbocycles. The first kappa shape index (κ1) is 23.2. The number of aryl methyl sites for hydroxylation is 1. The third-order valence-corrected chi connectivity index (χ3v) is 7.76. The lowest BCUT2D eigenvalue weighted by molar-refractivity contribution is 0.0522. The largest absolute Gasteiger partial charge is 0.339 e. The first-order chi connectivity index (χ1) is 16.0. The van der Waals surface area contributed by atoms with Gasteiger partial charge in [0.25, 0.3) is 11.8 Å². The van der Waals surface area contributed by atoms with E-state index < -0.39 is 0 Å². The maximum atomic E-state index is 13.2. The number of carbonyl (C=O) groups is 2. The molecule has 4 nitrogen and oxygen atoms in total. The molecule has 33 heavy (non-hydrogen) atoms. The van der Waals surface area contributed by atoms with Gasteiger partial charge in [-0.25, -0.2) is 0 Å². The molecule has 2 heterocycles. The van der Waals surface area contributed by atoms with Crippen LogP contribution in [0.15, 0.2) is 65.4 Å².